The summed E-state index contributed by atoms with van der Waals surface area (Å²) in [5.41, 5.74) is 0.712. The van der Waals surface area contributed by atoms with Gasteiger partial charge >= 0.3 is 12.1 Å². The Labute approximate surface area is 134 Å². The van der Waals surface area contributed by atoms with E-state index in [4.69, 9.17) is 9.84 Å². The number of alkyl halides is 3. The van der Waals surface area contributed by atoms with Crippen molar-refractivity contribution in [3.63, 3.8) is 0 Å². The second-order valence-corrected chi connectivity index (χ2v) is 6.07. The number of nitrogens with zero attached hydrogens (tertiary/aromatic N) is 1. The van der Waals surface area contributed by atoms with Crippen LogP contribution in [0.25, 0.3) is 0 Å². The zero-order valence-electron chi connectivity index (χ0n) is 11.7. The Balaban J connectivity index is 2.19. The van der Waals surface area contributed by atoms with Crippen molar-refractivity contribution in [3.8, 4) is 5.75 Å². The number of hydrogen-bond donors (Lipinski definition) is 1. The number of carbonyl (C=O) groups is 1. The molecule has 0 radical (unpaired) electrons. The van der Waals surface area contributed by atoms with E-state index in [0.29, 0.717) is 15.8 Å². The monoisotopic (exact) mass is 381 g/mol. The number of carboxylic acids is 1. The fraction of sp³-hybridized carbons (Fsp3) is 0.500. The third-order valence-electron chi connectivity index (χ3n) is 3.78. The fourth-order valence-electron chi connectivity index (χ4n) is 2.74. The molecule has 2 atom stereocenters. The minimum Gasteiger partial charge on any atom is -0.495 e. The Morgan fingerprint density at radius 1 is 1.45 bits per heavy atom. The van der Waals surface area contributed by atoms with Gasteiger partial charge in [-0.15, -0.1) is 0 Å². The maximum atomic E-state index is 13.0. The van der Waals surface area contributed by atoms with E-state index in [2.05, 4.69) is 15.9 Å². The molecule has 0 unspecified atom stereocenters. The quantitative estimate of drug-likeness (QED) is 0.870. The Morgan fingerprint density at radius 3 is 2.64 bits per heavy atom. The third-order valence-corrected chi connectivity index (χ3v) is 4.40. The van der Waals surface area contributed by atoms with E-state index in [9.17, 15) is 18.0 Å². The Bertz CT molecular complexity index is 565. The highest BCUT2D eigenvalue weighted by atomic mass is 79.9. The summed E-state index contributed by atoms with van der Waals surface area (Å²) in [5.74, 6) is -4.14. The number of para-hydroxylation sites is 1. The number of aliphatic carboxylic acids is 1. The second-order valence-electron chi connectivity index (χ2n) is 5.22. The summed E-state index contributed by atoms with van der Waals surface area (Å²) in [7, 11) is 1.48. The van der Waals surface area contributed by atoms with Gasteiger partial charge in [0.1, 0.15) is 5.75 Å². The Kier molecular flexibility index (Phi) is 5.01. The summed E-state index contributed by atoms with van der Waals surface area (Å²) in [6.07, 6.45) is -4.51. The zero-order chi connectivity index (χ0) is 16.5. The van der Waals surface area contributed by atoms with Gasteiger partial charge in [-0.3, -0.25) is 9.69 Å². The maximum Gasteiger partial charge on any atom is 0.393 e. The summed E-state index contributed by atoms with van der Waals surface area (Å²) >= 11 is 3.32. The number of ether oxygens (including phenoxy) is 1. The van der Waals surface area contributed by atoms with Crippen LogP contribution in [0.15, 0.2) is 22.7 Å². The van der Waals surface area contributed by atoms with Gasteiger partial charge in [0.2, 0.25) is 0 Å². The van der Waals surface area contributed by atoms with Crippen molar-refractivity contribution < 1.29 is 27.8 Å². The van der Waals surface area contributed by atoms with Crippen LogP contribution >= 0.6 is 15.9 Å². The van der Waals surface area contributed by atoms with Gasteiger partial charge in [0.05, 0.1) is 23.4 Å². The molecule has 122 valence electrons. The lowest BCUT2D eigenvalue weighted by molar-refractivity contribution is -0.188. The highest BCUT2D eigenvalue weighted by Gasteiger charge is 2.52. The van der Waals surface area contributed by atoms with Crippen LogP contribution in [0, 0.1) is 11.8 Å². The number of carboxylic acid groups (broad SMARTS) is 1. The van der Waals surface area contributed by atoms with Gasteiger partial charge in [0, 0.05) is 25.2 Å². The normalized spacial score (nSPS) is 22.8. The predicted molar refractivity (Wildman–Crippen MR) is 76.6 cm³/mol. The molecule has 1 aliphatic heterocycles. The number of likely N-dealkylation sites (tertiary alicyclic amines) is 1. The van der Waals surface area contributed by atoms with Crippen LogP contribution in [0.3, 0.4) is 0 Å². The van der Waals surface area contributed by atoms with Gasteiger partial charge in [0.15, 0.2) is 0 Å². The summed E-state index contributed by atoms with van der Waals surface area (Å²) < 4.78 is 44.9. The lowest BCUT2D eigenvalue weighted by Crippen LogP contribution is -2.33. The summed E-state index contributed by atoms with van der Waals surface area (Å²) in [6, 6.07) is 5.28. The average Bonchev–Trinajstić information content (AvgIpc) is 2.83. The molecule has 0 bridgehead atoms. The molecule has 4 nitrogen and oxygen atoms in total. The second kappa shape index (κ2) is 6.45. The largest absolute Gasteiger partial charge is 0.495 e. The van der Waals surface area contributed by atoms with Crippen LogP contribution in [-0.4, -0.2) is 42.4 Å². The topological polar surface area (TPSA) is 49.8 Å². The minimum atomic E-state index is -4.51. The molecule has 8 heteroatoms. The third kappa shape index (κ3) is 3.55. The molecule has 1 aromatic carbocycles. The molecule has 0 amide bonds. The van der Waals surface area contributed by atoms with E-state index < -0.39 is 24.0 Å². The summed E-state index contributed by atoms with van der Waals surface area (Å²) in [6.45, 7) is -0.246. The van der Waals surface area contributed by atoms with Gasteiger partial charge < -0.3 is 9.84 Å². The Morgan fingerprint density at radius 2 is 2.14 bits per heavy atom. The van der Waals surface area contributed by atoms with Crippen LogP contribution in [0.1, 0.15) is 5.56 Å². The van der Waals surface area contributed by atoms with Crippen LogP contribution in [0.2, 0.25) is 0 Å². The maximum absolute atomic E-state index is 13.0. The predicted octanol–water partition coefficient (Wildman–Crippen LogP) is 3.15. The molecule has 1 aliphatic rings. The van der Waals surface area contributed by atoms with Crippen LogP contribution in [-0.2, 0) is 11.3 Å². The molecule has 0 aliphatic carbocycles. The van der Waals surface area contributed by atoms with Gasteiger partial charge in [0.25, 0.3) is 0 Å². The van der Waals surface area contributed by atoms with Crippen molar-refractivity contribution >= 4 is 21.9 Å². The van der Waals surface area contributed by atoms with E-state index in [1.54, 1.807) is 18.2 Å². The van der Waals surface area contributed by atoms with E-state index in [1.165, 1.54) is 12.0 Å². The molecular formula is C14H15BrF3NO3. The number of rotatable bonds is 4. The molecule has 1 N–H and O–H groups in total. The SMILES string of the molecule is COc1c(Br)cccc1CN1C[C@@H](C(F)(F)F)[C@H](C(=O)O)C1. The van der Waals surface area contributed by atoms with E-state index in [0.717, 1.165) is 0 Å². The van der Waals surface area contributed by atoms with E-state index >= 15 is 0 Å². The number of halogens is 4. The average molecular weight is 382 g/mol. The molecule has 1 heterocycles. The van der Waals surface area contributed by atoms with Crippen LogP contribution < -0.4 is 4.74 Å². The lowest BCUT2D eigenvalue weighted by Gasteiger charge is -2.19. The minimum absolute atomic E-state index is 0.130. The van der Waals surface area contributed by atoms with Crippen molar-refractivity contribution in [1.82, 2.24) is 4.90 Å². The van der Waals surface area contributed by atoms with Gasteiger partial charge in [-0.05, 0) is 22.0 Å². The molecule has 1 saturated heterocycles. The van der Waals surface area contributed by atoms with Crippen molar-refractivity contribution in [2.45, 2.75) is 12.7 Å². The van der Waals surface area contributed by atoms with Crippen molar-refractivity contribution in [2.75, 3.05) is 20.2 Å². The number of hydrogen-bond acceptors (Lipinski definition) is 3. The molecule has 1 fully saturated rings. The van der Waals surface area contributed by atoms with Crippen LogP contribution in [0.5, 0.6) is 5.75 Å². The molecule has 0 spiro atoms. The first-order valence-electron chi connectivity index (χ1n) is 6.57. The summed E-state index contributed by atoms with van der Waals surface area (Å²) in [4.78, 5) is 12.6. The van der Waals surface area contributed by atoms with Crippen molar-refractivity contribution in [3.05, 3.63) is 28.2 Å². The smallest absolute Gasteiger partial charge is 0.393 e. The van der Waals surface area contributed by atoms with Crippen LogP contribution in [0.4, 0.5) is 13.2 Å². The van der Waals surface area contributed by atoms with Crippen molar-refractivity contribution in [2.24, 2.45) is 11.8 Å². The number of methoxy groups -OCH3 is 1. The van der Waals surface area contributed by atoms with Crippen molar-refractivity contribution in [1.29, 1.82) is 0 Å². The van der Waals surface area contributed by atoms with E-state index in [1.807, 2.05) is 0 Å². The lowest BCUT2D eigenvalue weighted by atomic mass is 9.96. The standard InChI is InChI=1S/C14H15BrF3NO3/c1-22-12-8(3-2-4-11(12)15)5-19-6-9(13(20)21)10(7-19)14(16,17)18/h2-4,9-10H,5-7H2,1H3,(H,20,21)/t9-,10-/m1/s1. The molecule has 2 rings (SSSR count). The first-order chi connectivity index (χ1) is 10.2. The molecule has 1 aromatic rings. The van der Waals surface area contributed by atoms with Gasteiger partial charge in [-0.25, -0.2) is 0 Å². The highest BCUT2D eigenvalue weighted by molar-refractivity contribution is 9.10. The number of benzene rings is 1. The zero-order valence-corrected chi connectivity index (χ0v) is 13.3. The molecule has 0 aromatic heterocycles. The van der Waals surface area contributed by atoms with Gasteiger partial charge in [-0.1, -0.05) is 12.1 Å². The first-order valence-corrected chi connectivity index (χ1v) is 7.36. The summed E-state index contributed by atoms with van der Waals surface area (Å²) in [5, 5.41) is 9.02. The molecule has 0 saturated carbocycles. The highest BCUT2D eigenvalue weighted by Crippen LogP contribution is 2.39. The Hall–Kier alpha value is -1.28. The molecular weight excluding hydrogens is 367 g/mol. The van der Waals surface area contributed by atoms with Gasteiger partial charge in [-0.2, -0.15) is 13.2 Å². The first kappa shape index (κ1) is 17.1. The fourth-order valence-corrected chi connectivity index (χ4v) is 3.31. The molecule has 22 heavy (non-hydrogen) atoms. The van der Waals surface area contributed by atoms with E-state index in [-0.39, 0.29) is 19.6 Å².